The van der Waals surface area contributed by atoms with Gasteiger partial charge in [0, 0.05) is 50.0 Å². The summed E-state index contributed by atoms with van der Waals surface area (Å²) in [4.78, 5) is 4.90. The molecule has 1 aromatic heterocycles. The molecule has 0 amide bonds. The predicted molar refractivity (Wildman–Crippen MR) is 331 cm³/mol. The van der Waals surface area contributed by atoms with Crippen LogP contribution in [0.5, 0.6) is 0 Å². The van der Waals surface area contributed by atoms with Gasteiger partial charge in [-0.2, -0.15) is 0 Å². The normalized spacial score (nSPS) is 12.7. The zero-order valence-corrected chi connectivity index (χ0v) is 44.1. The van der Waals surface area contributed by atoms with Gasteiger partial charge in [0.25, 0.3) is 0 Å². The van der Waals surface area contributed by atoms with E-state index < -0.39 is 0 Å². The van der Waals surface area contributed by atoms with E-state index in [-0.39, 0.29) is 5.41 Å². The molecule has 0 saturated heterocycles. The molecule has 15 rings (SSSR count). The minimum atomic E-state index is -0.302. The topological polar surface area (TPSA) is 19.6 Å². The lowest BCUT2D eigenvalue weighted by Gasteiger charge is -2.30. The maximum atomic E-state index is 6.17. The minimum Gasteiger partial charge on any atom is -0.456 e. The van der Waals surface area contributed by atoms with Gasteiger partial charge in [-0.3, -0.25) is 0 Å². The molecule has 3 nitrogen and oxygen atoms in total. The van der Waals surface area contributed by atoms with E-state index in [4.69, 9.17) is 4.42 Å². The van der Waals surface area contributed by atoms with Crippen molar-refractivity contribution in [3.05, 3.63) is 277 Å². The van der Waals surface area contributed by atoms with E-state index in [1.165, 1.54) is 98.7 Å². The second-order valence-corrected chi connectivity index (χ2v) is 21.7. The third kappa shape index (κ3) is 7.19. The number of fused-ring (bicyclic) bond motifs is 13. The Bertz CT molecular complexity index is 4710. The van der Waals surface area contributed by atoms with Gasteiger partial charge in [-0.1, -0.05) is 184 Å². The Balaban J connectivity index is 0.852. The van der Waals surface area contributed by atoms with Gasteiger partial charge < -0.3 is 14.2 Å². The van der Waals surface area contributed by atoms with Crippen LogP contribution in [0.2, 0.25) is 0 Å². The Hall–Kier alpha value is -9.70. The zero-order chi connectivity index (χ0) is 52.2. The largest absolute Gasteiger partial charge is 0.456 e. The van der Waals surface area contributed by atoms with Crippen LogP contribution in [-0.2, 0) is 5.41 Å². The van der Waals surface area contributed by atoms with Crippen LogP contribution in [0.1, 0.15) is 36.1 Å². The number of rotatable bonds is 8. The first kappa shape index (κ1) is 45.7. The summed E-state index contributed by atoms with van der Waals surface area (Å²) in [6, 6.07) is 94.0. The number of hydrogen-bond acceptors (Lipinski definition) is 3. The average molecular weight is 999 g/mol. The molecule has 14 aromatic rings. The van der Waals surface area contributed by atoms with Crippen molar-refractivity contribution in [3.63, 3.8) is 0 Å². The molecule has 0 radical (unpaired) electrons. The highest BCUT2D eigenvalue weighted by molar-refractivity contribution is 6.26. The van der Waals surface area contributed by atoms with Gasteiger partial charge >= 0.3 is 0 Å². The fourth-order valence-electron chi connectivity index (χ4n) is 13.0. The smallest absolute Gasteiger partial charge is 0.135 e. The fourth-order valence-corrected chi connectivity index (χ4v) is 13.0. The van der Waals surface area contributed by atoms with Crippen molar-refractivity contribution in [2.24, 2.45) is 0 Å². The van der Waals surface area contributed by atoms with Crippen LogP contribution in [0, 0.1) is 13.8 Å². The van der Waals surface area contributed by atoms with Crippen LogP contribution >= 0.6 is 0 Å². The standard InChI is InChI=1S/C75H54N2O/c1-47-41-50(51-30-40-74-69(43-51)67-26-14-15-28-73(67)78-74)29-35-57(47)58-36-31-53(42-48(58)2)76(54-32-37-64-62-24-11-10-22-60(62)61-23-12-13-25-63(61)68(64)44-54)55-33-38-65-66-39-34-56(46-71(66)75(3,4)70(65)45-55)77(52-19-6-5-7-20-52)72-27-16-18-49-17-8-9-21-59(49)72/h5-46H,1-4H3. The molecule has 13 aromatic carbocycles. The summed E-state index contributed by atoms with van der Waals surface area (Å²) < 4.78 is 6.17. The number of benzene rings is 13. The van der Waals surface area contributed by atoms with E-state index in [0.29, 0.717) is 0 Å². The summed E-state index contributed by atoms with van der Waals surface area (Å²) in [5.41, 5.74) is 20.8. The highest BCUT2D eigenvalue weighted by Crippen LogP contribution is 2.53. The summed E-state index contributed by atoms with van der Waals surface area (Å²) in [6.07, 6.45) is 0. The molecular formula is C75H54N2O. The molecule has 370 valence electrons. The molecule has 1 aliphatic rings. The molecule has 3 heteroatoms. The first-order valence-electron chi connectivity index (χ1n) is 27.1. The third-order valence-corrected chi connectivity index (χ3v) is 16.9. The van der Waals surface area contributed by atoms with E-state index in [2.05, 4.69) is 280 Å². The molecule has 0 atom stereocenters. The number of furan rings is 1. The summed E-state index contributed by atoms with van der Waals surface area (Å²) in [7, 11) is 0. The maximum absolute atomic E-state index is 6.17. The lowest BCUT2D eigenvalue weighted by molar-refractivity contribution is 0.660. The molecule has 0 N–H and O–H groups in total. The van der Waals surface area contributed by atoms with Crippen molar-refractivity contribution in [3.8, 4) is 33.4 Å². The Kier molecular flexibility index (Phi) is 10.4. The van der Waals surface area contributed by atoms with Gasteiger partial charge in [-0.25, -0.2) is 0 Å². The highest BCUT2D eigenvalue weighted by Gasteiger charge is 2.37. The average Bonchev–Trinajstić information content (AvgIpc) is 4.01. The zero-order valence-electron chi connectivity index (χ0n) is 44.1. The van der Waals surface area contributed by atoms with E-state index >= 15 is 0 Å². The van der Waals surface area contributed by atoms with Crippen molar-refractivity contribution < 1.29 is 4.42 Å². The molecule has 0 saturated carbocycles. The summed E-state index contributed by atoms with van der Waals surface area (Å²) in [6.45, 7) is 9.30. The quantitative estimate of drug-likeness (QED) is 0.141. The maximum Gasteiger partial charge on any atom is 0.135 e. The Labute approximate surface area is 454 Å². The molecule has 0 aliphatic heterocycles. The van der Waals surface area contributed by atoms with Gasteiger partial charge in [-0.15, -0.1) is 0 Å². The van der Waals surface area contributed by atoms with Gasteiger partial charge in [-0.05, 0) is 192 Å². The van der Waals surface area contributed by atoms with Crippen molar-refractivity contribution >= 4 is 99.2 Å². The number of hydrogen-bond donors (Lipinski definition) is 0. The second kappa shape index (κ2) is 17.7. The number of aryl methyl sites for hydroxylation is 2. The Morgan fingerprint density at radius 2 is 0.769 bits per heavy atom. The van der Waals surface area contributed by atoms with Gasteiger partial charge in [0.05, 0.1) is 5.69 Å². The number of anilines is 6. The van der Waals surface area contributed by atoms with Gasteiger partial charge in [0.1, 0.15) is 11.2 Å². The highest BCUT2D eigenvalue weighted by atomic mass is 16.3. The van der Waals surface area contributed by atoms with Crippen LogP contribution in [0.3, 0.4) is 0 Å². The van der Waals surface area contributed by atoms with Crippen molar-refractivity contribution in [1.82, 2.24) is 0 Å². The Morgan fingerprint density at radius 1 is 0.295 bits per heavy atom. The molecule has 0 fully saturated rings. The summed E-state index contributed by atoms with van der Waals surface area (Å²) >= 11 is 0. The second-order valence-electron chi connectivity index (χ2n) is 21.7. The van der Waals surface area contributed by atoms with E-state index in [0.717, 1.165) is 56.1 Å². The fraction of sp³-hybridized carbons (Fsp3) is 0.0667. The van der Waals surface area contributed by atoms with Crippen LogP contribution < -0.4 is 9.80 Å². The molecule has 1 heterocycles. The predicted octanol–water partition coefficient (Wildman–Crippen LogP) is 21.4. The van der Waals surface area contributed by atoms with Crippen molar-refractivity contribution in [2.45, 2.75) is 33.1 Å². The first-order chi connectivity index (χ1) is 38.2. The molecule has 1 aliphatic carbocycles. The minimum absolute atomic E-state index is 0.302. The van der Waals surface area contributed by atoms with Gasteiger partial charge in [0.15, 0.2) is 0 Å². The molecule has 78 heavy (non-hydrogen) atoms. The molecule has 0 spiro atoms. The monoisotopic (exact) mass is 998 g/mol. The lowest BCUT2D eigenvalue weighted by atomic mass is 9.82. The molecule has 0 bridgehead atoms. The van der Waals surface area contributed by atoms with Crippen molar-refractivity contribution in [1.29, 1.82) is 0 Å². The van der Waals surface area contributed by atoms with Crippen LogP contribution in [0.25, 0.3) is 98.4 Å². The van der Waals surface area contributed by atoms with E-state index in [1.54, 1.807) is 0 Å². The van der Waals surface area contributed by atoms with Crippen LogP contribution in [-0.4, -0.2) is 0 Å². The number of para-hydroxylation sites is 2. The number of nitrogens with zero attached hydrogens (tertiary/aromatic N) is 2. The Morgan fingerprint density at radius 3 is 1.45 bits per heavy atom. The van der Waals surface area contributed by atoms with Gasteiger partial charge in [0.2, 0.25) is 0 Å². The SMILES string of the molecule is Cc1cc(-c2ccc3oc4ccccc4c3c2)ccc1-c1ccc(N(c2ccc3c(c2)C(C)(C)c2cc(N(c4ccccc4)c4cccc5ccccc45)ccc2-3)c2ccc3c4ccccc4c4ccccc4c3c2)cc1C. The molecule has 0 unspecified atom stereocenters. The van der Waals surface area contributed by atoms with Crippen LogP contribution in [0.4, 0.5) is 34.1 Å². The summed E-state index contributed by atoms with van der Waals surface area (Å²) in [5, 5.41) is 12.3. The first-order valence-corrected chi connectivity index (χ1v) is 27.1. The third-order valence-electron chi connectivity index (χ3n) is 16.9. The molecular weight excluding hydrogens is 945 g/mol. The van der Waals surface area contributed by atoms with Crippen LogP contribution in [0.15, 0.2) is 259 Å². The van der Waals surface area contributed by atoms with Crippen molar-refractivity contribution in [2.75, 3.05) is 9.80 Å². The summed E-state index contributed by atoms with van der Waals surface area (Å²) in [5.74, 6) is 0. The lowest BCUT2D eigenvalue weighted by Crippen LogP contribution is -2.18. The van der Waals surface area contributed by atoms with E-state index in [1.807, 2.05) is 12.1 Å². The van der Waals surface area contributed by atoms with E-state index in [9.17, 15) is 0 Å².